The van der Waals surface area contributed by atoms with E-state index in [2.05, 4.69) is 13.0 Å². The van der Waals surface area contributed by atoms with E-state index in [1.165, 1.54) is 27.8 Å². The number of fused-ring (bicyclic) bond motifs is 2. The molecule has 3 heteroatoms. The van der Waals surface area contributed by atoms with Crippen LogP contribution in [0.3, 0.4) is 0 Å². The van der Waals surface area contributed by atoms with Crippen LogP contribution in [0.15, 0.2) is 6.07 Å². The molecule has 3 rings (SSSR count). The summed E-state index contributed by atoms with van der Waals surface area (Å²) in [5, 5.41) is 0. The van der Waals surface area contributed by atoms with E-state index < -0.39 is 0 Å². The largest absolute Gasteiger partial charge is 0.380 e. The molecule has 18 heavy (non-hydrogen) atoms. The molecular weight excluding hydrogens is 228 g/mol. The minimum absolute atomic E-state index is 0.459. The van der Waals surface area contributed by atoms with Crippen LogP contribution in [0.25, 0.3) is 0 Å². The zero-order chi connectivity index (χ0) is 12.7. The third-order valence-electron chi connectivity index (χ3n) is 4.14. The molecule has 2 atom stereocenters. The Labute approximate surface area is 108 Å². The Morgan fingerprint density at radius 1 is 1.17 bits per heavy atom. The van der Waals surface area contributed by atoms with Gasteiger partial charge in [0.15, 0.2) is 0 Å². The van der Waals surface area contributed by atoms with E-state index in [4.69, 9.17) is 14.2 Å². The minimum atomic E-state index is 0.459. The highest BCUT2D eigenvalue weighted by atomic mass is 16.6. The summed E-state index contributed by atoms with van der Waals surface area (Å²) in [6.45, 7) is 3.52. The lowest BCUT2D eigenvalue weighted by Gasteiger charge is -2.21. The predicted molar refractivity (Wildman–Crippen MR) is 68.7 cm³/mol. The number of hydrogen-bond acceptors (Lipinski definition) is 3. The van der Waals surface area contributed by atoms with Gasteiger partial charge < -0.3 is 14.2 Å². The molecule has 1 aliphatic carbocycles. The summed E-state index contributed by atoms with van der Waals surface area (Å²) in [6, 6.07) is 2.30. The van der Waals surface area contributed by atoms with Crippen molar-refractivity contribution in [3.8, 4) is 0 Å². The highest BCUT2D eigenvalue weighted by Gasteiger charge is 2.43. The van der Waals surface area contributed by atoms with E-state index >= 15 is 0 Å². The van der Waals surface area contributed by atoms with Gasteiger partial charge in [-0.1, -0.05) is 6.07 Å². The molecular formula is C15H20O3. The third kappa shape index (κ3) is 1.96. The van der Waals surface area contributed by atoms with Crippen LogP contribution in [0, 0.1) is 6.92 Å². The third-order valence-corrected chi connectivity index (χ3v) is 4.14. The van der Waals surface area contributed by atoms with E-state index in [-0.39, 0.29) is 0 Å². The second-order valence-electron chi connectivity index (χ2n) is 5.26. The molecule has 0 amide bonds. The zero-order valence-electron chi connectivity index (χ0n) is 11.3. The topological polar surface area (TPSA) is 31.0 Å². The van der Waals surface area contributed by atoms with Gasteiger partial charge in [-0.15, -0.1) is 0 Å². The van der Waals surface area contributed by atoms with Gasteiger partial charge in [0, 0.05) is 27.1 Å². The van der Waals surface area contributed by atoms with Crippen molar-refractivity contribution < 1.29 is 14.2 Å². The van der Waals surface area contributed by atoms with Gasteiger partial charge in [0.2, 0.25) is 0 Å². The van der Waals surface area contributed by atoms with Crippen molar-refractivity contribution in [1.29, 1.82) is 0 Å². The quantitative estimate of drug-likeness (QED) is 0.765. The molecule has 1 fully saturated rings. The summed E-state index contributed by atoms with van der Waals surface area (Å²) in [6.07, 6.45) is 3.02. The first kappa shape index (κ1) is 12.2. The van der Waals surface area contributed by atoms with Crippen LogP contribution in [0.5, 0.6) is 0 Å². The number of epoxide rings is 1. The molecule has 0 aromatic heterocycles. The Kier molecular flexibility index (Phi) is 3.14. The van der Waals surface area contributed by atoms with Crippen molar-refractivity contribution in [2.24, 2.45) is 0 Å². The Morgan fingerprint density at radius 2 is 1.89 bits per heavy atom. The first-order chi connectivity index (χ1) is 8.74. The Balaban J connectivity index is 2.05. The lowest BCUT2D eigenvalue weighted by atomic mass is 9.84. The summed E-state index contributed by atoms with van der Waals surface area (Å²) < 4.78 is 16.3. The number of hydrogen-bond donors (Lipinski definition) is 0. The molecule has 0 N–H and O–H groups in total. The molecule has 1 saturated heterocycles. The number of benzene rings is 1. The van der Waals surface area contributed by atoms with Gasteiger partial charge in [0.25, 0.3) is 0 Å². The highest BCUT2D eigenvalue weighted by molar-refractivity contribution is 5.48. The average Bonchev–Trinajstić information content (AvgIpc) is 3.10. The minimum Gasteiger partial charge on any atom is -0.380 e. The van der Waals surface area contributed by atoms with Crippen LogP contribution < -0.4 is 0 Å². The maximum absolute atomic E-state index is 5.66. The summed E-state index contributed by atoms with van der Waals surface area (Å²) in [5.74, 6) is 0. The van der Waals surface area contributed by atoms with Gasteiger partial charge in [-0.3, -0.25) is 0 Å². The second-order valence-corrected chi connectivity index (χ2v) is 5.26. The summed E-state index contributed by atoms with van der Waals surface area (Å²) >= 11 is 0. The van der Waals surface area contributed by atoms with Gasteiger partial charge in [-0.2, -0.15) is 0 Å². The molecule has 1 aliphatic heterocycles. The molecule has 2 aliphatic rings. The van der Waals surface area contributed by atoms with E-state index in [1.54, 1.807) is 14.2 Å². The molecule has 98 valence electrons. The van der Waals surface area contributed by atoms with Crippen molar-refractivity contribution >= 4 is 0 Å². The molecule has 1 aromatic carbocycles. The second kappa shape index (κ2) is 4.65. The molecule has 3 nitrogen and oxygen atoms in total. The van der Waals surface area contributed by atoms with E-state index in [0.29, 0.717) is 25.4 Å². The van der Waals surface area contributed by atoms with Gasteiger partial charge in [0.1, 0.15) is 0 Å². The fraction of sp³-hybridized carbons (Fsp3) is 0.600. The van der Waals surface area contributed by atoms with Gasteiger partial charge in [0.05, 0.1) is 25.4 Å². The molecule has 0 radical (unpaired) electrons. The monoisotopic (exact) mass is 248 g/mol. The lowest BCUT2D eigenvalue weighted by molar-refractivity contribution is 0.178. The molecule has 0 saturated carbocycles. The standard InChI is InChI=1S/C15H20O3/c1-9-11(7-16-2)4-10-5-14-15(18-14)6-12(10)13(9)8-17-3/h4,14-15H,5-8H2,1-3H3. The van der Waals surface area contributed by atoms with Crippen LogP contribution in [-0.2, 0) is 40.3 Å². The Hall–Kier alpha value is -0.900. The highest BCUT2D eigenvalue weighted by Crippen LogP contribution is 2.39. The molecule has 0 bridgehead atoms. The maximum atomic E-state index is 5.66. The Bertz CT molecular complexity index is 467. The van der Waals surface area contributed by atoms with Crippen molar-refractivity contribution in [3.05, 3.63) is 33.9 Å². The summed E-state index contributed by atoms with van der Waals surface area (Å²) in [4.78, 5) is 0. The summed E-state index contributed by atoms with van der Waals surface area (Å²) in [7, 11) is 3.50. The van der Waals surface area contributed by atoms with Crippen LogP contribution in [0.4, 0.5) is 0 Å². The summed E-state index contributed by atoms with van der Waals surface area (Å²) in [5.41, 5.74) is 6.82. The number of methoxy groups -OCH3 is 2. The molecule has 1 aromatic rings. The fourth-order valence-electron chi connectivity index (χ4n) is 3.06. The number of ether oxygens (including phenoxy) is 3. The maximum Gasteiger partial charge on any atom is 0.0885 e. The van der Waals surface area contributed by atoms with Crippen LogP contribution in [-0.4, -0.2) is 26.4 Å². The van der Waals surface area contributed by atoms with Crippen molar-refractivity contribution in [2.45, 2.75) is 45.2 Å². The van der Waals surface area contributed by atoms with Gasteiger partial charge in [-0.05, 0) is 34.7 Å². The average molecular weight is 248 g/mol. The van der Waals surface area contributed by atoms with Gasteiger partial charge in [-0.25, -0.2) is 0 Å². The van der Waals surface area contributed by atoms with Crippen LogP contribution in [0.2, 0.25) is 0 Å². The van der Waals surface area contributed by atoms with Crippen LogP contribution >= 0.6 is 0 Å². The fourth-order valence-corrected chi connectivity index (χ4v) is 3.06. The first-order valence-electron chi connectivity index (χ1n) is 6.51. The Morgan fingerprint density at radius 3 is 2.61 bits per heavy atom. The normalized spacial score (nSPS) is 24.6. The van der Waals surface area contributed by atoms with E-state index in [1.807, 2.05) is 0 Å². The first-order valence-corrected chi connectivity index (χ1v) is 6.51. The van der Waals surface area contributed by atoms with Crippen molar-refractivity contribution in [3.63, 3.8) is 0 Å². The van der Waals surface area contributed by atoms with Gasteiger partial charge >= 0.3 is 0 Å². The van der Waals surface area contributed by atoms with E-state index in [0.717, 1.165) is 12.8 Å². The predicted octanol–water partition coefficient (Wildman–Crippen LogP) is 2.15. The SMILES string of the molecule is COCc1cc2c(c(COC)c1C)CC1OC1C2. The smallest absolute Gasteiger partial charge is 0.0885 e. The van der Waals surface area contributed by atoms with Crippen LogP contribution in [0.1, 0.15) is 27.8 Å². The van der Waals surface area contributed by atoms with Crippen molar-refractivity contribution in [1.82, 2.24) is 0 Å². The lowest BCUT2D eigenvalue weighted by Crippen LogP contribution is -2.17. The van der Waals surface area contributed by atoms with Crippen molar-refractivity contribution in [2.75, 3.05) is 14.2 Å². The number of rotatable bonds is 4. The molecule has 0 spiro atoms. The molecule has 1 heterocycles. The van der Waals surface area contributed by atoms with E-state index in [9.17, 15) is 0 Å². The zero-order valence-corrected chi connectivity index (χ0v) is 11.3. The molecule has 2 unspecified atom stereocenters.